The second-order valence-corrected chi connectivity index (χ2v) is 5.04. The summed E-state index contributed by atoms with van der Waals surface area (Å²) in [4.78, 5) is 12.6. The molecule has 110 valence electrons. The first kappa shape index (κ1) is 15.1. The molecule has 0 aromatic heterocycles. The summed E-state index contributed by atoms with van der Waals surface area (Å²) in [5, 5.41) is 6.26. The first-order valence-corrected chi connectivity index (χ1v) is 7.39. The number of carbonyl (C=O) groups is 1. The van der Waals surface area contributed by atoms with E-state index in [1.54, 1.807) is 0 Å². The van der Waals surface area contributed by atoms with E-state index in [2.05, 4.69) is 17.6 Å². The van der Waals surface area contributed by atoms with Crippen molar-refractivity contribution in [2.24, 2.45) is 0 Å². The number of nitrogens with one attached hydrogen (secondary N) is 2. The fourth-order valence-electron chi connectivity index (χ4n) is 2.33. The van der Waals surface area contributed by atoms with Crippen LogP contribution in [0.5, 0.6) is 0 Å². The SMILES string of the molecule is CCNc1ccc(C)cc1C(=O)Nc1ccccc1CC. The Morgan fingerprint density at radius 2 is 1.81 bits per heavy atom. The molecule has 0 radical (unpaired) electrons. The van der Waals surface area contributed by atoms with E-state index in [0.29, 0.717) is 5.56 Å². The zero-order valence-electron chi connectivity index (χ0n) is 12.9. The lowest BCUT2D eigenvalue weighted by molar-refractivity contribution is 0.102. The topological polar surface area (TPSA) is 41.1 Å². The number of carbonyl (C=O) groups excluding carboxylic acids is 1. The molecule has 0 spiro atoms. The van der Waals surface area contributed by atoms with Crippen molar-refractivity contribution in [1.82, 2.24) is 0 Å². The Morgan fingerprint density at radius 1 is 1.05 bits per heavy atom. The van der Waals surface area contributed by atoms with Crippen LogP contribution in [0.4, 0.5) is 11.4 Å². The zero-order chi connectivity index (χ0) is 15.2. The zero-order valence-corrected chi connectivity index (χ0v) is 12.9. The van der Waals surface area contributed by atoms with Crippen LogP contribution >= 0.6 is 0 Å². The van der Waals surface area contributed by atoms with Gasteiger partial charge in [0.05, 0.1) is 5.56 Å². The molecule has 21 heavy (non-hydrogen) atoms. The molecule has 3 nitrogen and oxygen atoms in total. The maximum absolute atomic E-state index is 12.6. The van der Waals surface area contributed by atoms with Gasteiger partial charge in [0.25, 0.3) is 5.91 Å². The van der Waals surface area contributed by atoms with Gasteiger partial charge in [-0.2, -0.15) is 0 Å². The van der Waals surface area contributed by atoms with Crippen molar-refractivity contribution in [3.63, 3.8) is 0 Å². The van der Waals surface area contributed by atoms with E-state index in [1.807, 2.05) is 56.3 Å². The molecule has 2 N–H and O–H groups in total. The highest BCUT2D eigenvalue weighted by molar-refractivity contribution is 6.08. The molecule has 2 aromatic rings. The number of anilines is 2. The first-order chi connectivity index (χ1) is 10.2. The number of aryl methyl sites for hydroxylation is 2. The normalized spacial score (nSPS) is 10.2. The van der Waals surface area contributed by atoms with Crippen LogP contribution in [0.3, 0.4) is 0 Å². The quantitative estimate of drug-likeness (QED) is 0.861. The summed E-state index contributed by atoms with van der Waals surface area (Å²) in [5.74, 6) is -0.0736. The van der Waals surface area contributed by atoms with Gasteiger partial charge in [0.15, 0.2) is 0 Å². The molecule has 0 heterocycles. The summed E-state index contributed by atoms with van der Waals surface area (Å²) in [7, 11) is 0. The molecule has 0 atom stereocenters. The lowest BCUT2D eigenvalue weighted by Crippen LogP contribution is -2.16. The van der Waals surface area contributed by atoms with E-state index in [4.69, 9.17) is 0 Å². The molecule has 3 heteroatoms. The molecule has 0 saturated heterocycles. The molecule has 0 aliphatic heterocycles. The summed E-state index contributed by atoms with van der Waals surface area (Å²) < 4.78 is 0. The molecule has 0 fully saturated rings. The van der Waals surface area contributed by atoms with Crippen LogP contribution in [-0.2, 0) is 6.42 Å². The Hall–Kier alpha value is -2.29. The van der Waals surface area contributed by atoms with Gasteiger partial charge in [-0.1, -0.05) is 36.8 Å². The van der Waals surface area contributed by atoms with Crippen molar-refractivity contribution in [2.75, 3.05) is 17.2 Å². The average molecular weight is 282 g/mol. The number of hydrogen-bond acceptors (Lipinski definition) is 2. The van der Waals surface area contributed by atoms with Crippen molar-refractivity contribution >= 4 is 17.3 Å². The third-order valence-corrected chi connectivity index (χ3v) is 3.43. The van der Waals surface area contributed by atoms with E-state index >= 15 is 0 Å². The molecule has 0 bridgehead atoms. The molecular formula is C18H22N2O. The highest BCUT2D eigenvalue weighted by atomic mass is 16.1. The van der Waals surface area contributed by atoms with Gasteiger partial charge in [0, 0.05) is 17.9 Å². The van der Waals surface area contributed by atoms with E-state index < -0.39 is 0 Å². The Balaban J connectivity index is 2.29. The molecule has 2 aromatic carbocycles. The monoisotopic (exact) mass is 282 g/mol. The van der Waals surface area contributed by atoms with Crippen molar-refractivity contribution in [3.05, 3.63) is 59.2 Å². The largest absolute Gasteiger partial charge is 0.385 e. The van der Waals surface area contributed by atoms with Gasteiger partial charge in [-0.25, -0.2) is 0 Å². The Morgan fingerprint density at radius 3 is 2.52 bits per heavy atom. The van der Waals surface area contributed by atoms with Crippen LogP contribution in [0.2, 0.25) is 0 Å². The fourth-order valence-corrected chi connectivity index (χ4v) is 2.33. The maximum Gasteiger partial charge on any atom is 0.257 e. The lowest BCUT2D eigenvalue weighted by Gasteiger charge is -2.14. The van der Waals surface area contributed by atoms with Gasteiger partial charge in [-0.15, -0.1) is 0 Å². The molecule has 0 saturated carbocycles. The highest BCUT2D eigenvalue weighted by Gasteiger charge is 2.12. The minimum Gasteiger partial charge on any atom is -0.385 e. The van der Waals surface area contributed by atoms with Crippen LogP contribution in [0.15, 0.2) is 42.5 Å². The number of rotatable bonds is 5. The minimum atomic E-state index is -0.0736. The van der Waals surface area contributed by atoms with Gasteiger partial charge in [-0.05, 0) is 44.0 Å². The molecule has 0 unspecified atom stereocenters. The molecule has 1 amide bonds. The highest BCUT2D eigenvalue weighted by Crippen LogP contribution is 2.21. The van der Waals surface area contributed by atoms with Crippen LogP contribution in [0, 0.1) is 6.92 Å². The van der Waals surface area contributed by atoms with Crippen molar-refractivity contribution in [3.8, 4) is 0 Å². The molecule has 2 rings (SSSR count). The van der Waals surface area contributed by atoms with Crippen molar-refractivity contribution in [2.45, 2.75) is 27.2 Å². The van der Waals surface area contributed by atoms with Gasteiger partial charge in [0.1, 0.15) is 0 Å². The summed E-state index contributed by atoms with van der Waals surface area (Å²) in [6, 6.07) is 13.8. The van der Waals surface area contributed by atoms with Crippen LogP contribution < -0.4 is 10.6 Å². The number of benzene rings is 2. The van der Waals surface area contributed by atoms with Gasteiger partial charge >= 0.3 is 0 Å². The fraction of sp³-hybridized carbons (Fsp3) is 0.278. The smallest absolute Gasteiger partial charge is 0.257 e. The van der Waals surface area contributed by atoms with E-state index in [0.717, 1.165) is 35.5 Å². The number of para-hydroxylation sites is 1. The van der Waals surface area contributed by atoms with Crippen LogP contribution in [-0.4, -0.2) is 12.5 Å². The standard InChI is InChI=1S/C18H22N2O/c1-4-14-8-6-7-9-16(14)20-18(21)15-12-13(3)10-11-17(15)19-5-2/h6-12,19H,4-5H2,1-3H3,(H,20,21). The summed E-state index contributed by atoms with van der Waals surface area (Å²) in [5.41, 5.74) is 4.65. The lowest BCUT2D eigenvalue weighted by atomic mass is 10.1. The van der Waals surface area contributed by atoms with Gasteiger partial charge < -0.3 is 10.6 Å². The minimum absolute atomic E-state index is 0.0736. The van der Waals surface area contributed by atoms with E-state index in [-0.39, 0.29) is 5.91 Å². The summed E-state index contributed by atoms with van der Waals surface area (Å²) >= 11 is 0. The van der Waals surface area contributed by atoms with Crippen molar-refractivity contribution < 1.29 is 4.79 Å². The number of hydrogen-bond donors (Lipinski definition) is 2. The van der Waals surface area contributed by atoms with Crippen LogP contribution in [0.1, 0.15) is 35.3 Å². The van der Waals surface area contributed by atoms with E-state index in [9.17, 15) is 4.79 Å². The molecular weight excluding hydrogens is 260 g/mol. The van der Waals surface area contributed by atoms with Crippen molar-refractivity contribution in [1.29, 1.82) is 0 Å². The summed E-state index contributed by atoms with van der Waals surface area (Å²) in [6.07, 6.45) is 0.893. The van der Waals surface area contributed by atoms with Gasteiger partial charge in [-0.3, -0.25) is 4.79 Å². The maximum atomic E-state index is 12.6. The number of amides is 1. The Kier molecular flexibility index (Phi) is 4.99. The van der Waals surface area contributed by atoms with Gasteiger partial charge in [0.2, 0.25) is 0 Å². The molecule has 0 aliphatic carbocycles. The predicted octanol–water partition coefficient (Wildman–Crippen LogP) is 4.24. The Labute approximate surface area is 126 Å². The van der Waals surface area contributed by atoms with E-state index in [1.165, 1.54) is 0 Å². The Bertz CT molecular complexity index is 635. The summed E-state index contributed by atoms with van der Waals surface area (Å²) in [6.45, 7) is 6.89. The third kappa shape index (κ3) is 3.63. The first-order valence-electron chi connectivity index (χ1n) is 7.39. The second kappa shape index (κ2) is 6.93. The second-order valence-electron chi connectivity index (χ2n) is 5.04. The van der Waals surface area contributed by atoms with Crippen LogP contribution in [0.25, 0.3) is 0 Å². The predicted molar refractivity (Wildman–Crippen MR) is 89.1 cm³/mol. The third-order valence-electron chi connectivity index (χ3n) is 3.43. The molecule has 0 aliphatic rings. The average Bonchev–Trinajstić information content (AvgIpc) is 2.49.